The molecule has 0 unspecified atom stereocenters. The third-order valence-electron chi connectivity index (χ3n) is 3.08. The maximum Gasteiger partial charge on any atom is 0.254 e. The van der Waals surface area contributed by atoms with Crippen LogP contribution in [0, 0.1) is 0 Å². The van der Waals surface area contributed by atoms with Crippen LogP contribution in [-0.4, -0.2) is 15.5 Å². The first-order valence-electron chi connectivity index (χ1n) is 6.77. The molecule has 0 saturated heterocycles. The van der Waals surface area contributed by atoms with Gasteiger partial charge in [0.1, 0.15) is 12.2 Å². The van der Waals surface area contributed by atoms with Crippen LogP contribution in [0.3, 0.4) is 0 Å². The van der Waals surface area contributed by atoms with Gasteiger partial charge in [-0.2, -0.15) is 0 Å². The molecule has 0 aliphatic carbocycles. The standard InChI is InChI=1S/C16H12ClN3O3/c17-11-3-1-4-12(7-11)19-15(21)9-20-10-18-13(8-16(20)22)14-5-2-6-23-14/h1-8,10H,9H2,(H,19,21). The van der Waals surface area contributed by atoms with E-state index < -0.39 is 0 Å². The summed E-state index contributed by atoms with van der Waals surface area (Å²) in [6.07, 6.45) is 2.82. The third kappa shape index (κ3) is 3.67. The summed E-state index contributed by atoms with van der Waals surface area (Å²) in [4.78, 5) is 28.2. The summed E-state index contributed by atoms with van der Waals surface area (Å²) in [5.74, 6) is 0.152. The number of nitrogens with zero attached hydrogens (tertiary/aromatic N) is 2. The Balaban J connectivity index is 1.73. The topological polar surface area (TPSA) is 77.1 Å². The summed E-state index contributed by atoms with van der Waals surface area (Å²) in [5.41, 5.74) is 0.648. The lowest BCUT2D eigenvalue weighted by Gasteiger charge is -2.07. The minimum atomic E-state index is -0.345. The van der Waals surface area contributed by atoms with Gasteiger partial charge < -0.3 is 9.73 Å². The second-order valence-corrected chi connectivity index (χ2v) is 5.21. The number of benzene rings is 1. The van der Waals surface area contributed by atoms with Gasteiger partial charge in [-0.25, -0.2) is 4.98 Å². The SMILES string of the molecule is O=C(Cn1cnc(-c2ccco2)cc1=O)Nc1cccc(Cl)c1. The number of hydrogen-bond acceptors (Lipinski definition) is 4. The van der Waals surface area contributed by atoms with Crippen molar-refractivity contribution in [2.24, 2.45) is 0 Å². The van der Waals surface area contributed by atoms with Gasteiger partial charge in [0.2, 0.25) is 5.91 Å². The fraction of sp³-hybridized carbons (Fsp3) is 0.0625. The van der Waals surface area contributed by atoms with Crippen LogP contribution < -0.4 is 10.9 Å². The Morgan fingerprint density at radius 1 is 1.26 bits per heavy atom. The molecule has 0 radical (unpaired) electrons. The highest BCUT2D eigenvalue weighted by Gasteiger charge is 2.09. The molecule has 2 aromatic heterocycles. The van der Waals surface area contributed by atoms with Crippen LogP contribution in [0.15, 0.2) is 64.3 Å². The number of amides is 1. The average molecular weight is 330 g/mol. The van der Waals surface area contributed by atoms with Crippen molar-refractivity contribution >= 4 is 23.2 Å². The Morgan fingerprint density at radius 2 is 2.13 bits per heavy atom. The zero-order valence-electron chi connectivity index (χ0n) is 11.9. The monoisotopic (exact) mass is 329 g/mol. The van der Waals surface area contributed by atoms with E-state index in [2.05, 4.69) is 10.3 Å². The molecule has 0 aliphatic heterocycles. The van der Waals surface area contributed by atoms with Gasteiger partial charge in [0.25, 0.3) is 5.56 Å². The molecule has 0 spiro atoms. The summed E-state index contributed by atoms with van der Waals surface area (Å²) in [7, 11) is 0. The van der Waals surface area contributed by atoms with E-state index in [1.807, 2.05) is 0 Å². The Kier molecular flexibility index (Phi) is 4.25. The fourth-order valence-electron chi connectivity index (χ4n) is 2.03. The van der Waals surface area contributed by atoms with Crippen LogP contribution in [0.1, 0.15) is 0 Å². The van der Waals surface area contributed by atoms with E-state index in [1.54, 1.807) is 36.4 Å². The molecule has 0 atom stereocenters. The van der Waals surface area contributed by atoms with Gasteiger partial charge in [-0.1, -0.05) is 17.7 Å². The molecule has 1 amide bonds. The largest absolute Gasteiger partial charge is 0.463 e. The van der Waals surface area contributed by atoms with Gasteiger partial charge in [-0.3, -0.25) is 14.2 Å². The van der Waals surface area contributed by atoms with E-state index >= 15 is 0 Å². The van der Waals surface area contributed by atoms with Gasteiger partial charge in [-0.05, 0) is 30.3 Å². The highest BCUT2D eigenvalue weighted by Crippen LogP contribution is 2.15. The number of carbonyl (C=O) groups is 1. The van der Waals surface area contributed by atoms with Gasteiger partial charge in [0.05, 0.1) is 12.6 Å². The highest BCUT2D eigenvalue weighted by molar-refractivity contribution is 6.30. The van der Waals surface area contributed by atoms with Crippen LogP contribution in [0.2, 0.25) is 5.02 Å². The molecule has 0 saturated carbocycles. The van der Waals surface area contributed by atoms with Gasteiger partial charge in [0, 0.05) is 16.8 Å². The quantitative estimate of drug-likeness (QED) is 0.798. The summed E-state index contributed by atoms with van der Waals surface area (Å²) in [6, 6.07) is 11.5. The predicted octanol–water partition coefficient (Wildman–Crippen LogP) is 2.80. The van der Waals surface area contributed by atoms with Crippen LogP contribution in [0.4, 0.5) is 5.69 Å². The zero-order chi connectivity index (χ0) is 16.2. The van der Waals surface area contributed by atoms with Crippen LogP contribution in [0.25, 0.3) is 11.5 Å². The number of halogens is 1. The number of aromatic nitrogens is 2. The molecule has 0 bridgehead atoms. The van der Waals surface area contributed by atoms with E-state index in [1.165, 1.54) is 23.2 Å². The normalized spacial score (nSPS) is 10.5. The van der Waals surface area contributed by atoms with Crippen molar-refractivity contribution in [2.75, 3.05) is 5.32 Å². The Hall–Kier alpha value is -2.86. The second kappa shape index (κ2) is 6.50. The Morgan fingerprint density at radius 3 is 2.83 bits per heavy atom. The van der Waals surface area contributed by atoms with Crippen molar-refractivity contribution in [3.05, 3.63) is 70.4 Å². The highest BCUT2D eigenvalue weighted by atomic mass is 35.5. The number of nitrogens with one attached hydrogen (secondary N) is 1. The molecule has 3 aromatic rings. The molecule has 7 heteroatoms. The molecular formula is C16H12ClN3O3. The first-order valence-corrected chi connectivity index (χ1v) is 7.15. The number of carbonyl (C=O) groups excluding carboxylic acids is 1. The van der Waals surface area contributed by atoms with Crippen molar-refractivity contribution in [3.63, 3.8) is 0 Å². The number of anilines is 1. The van der Waals surface area contributed by atoms with E-state index in [4.69, 9.17) is 16.0 Å². The van der Waals surface area contributed by atoms with E-state index in [9.17, 15) is 9.59 Å². The van der Waals surface area contributed by atoms with Crippen LogP contribution >= 0.6 is 11.6 Å². The first-order chi connectivity index (χ1) is 11.1. The molecule has 0 fully saturated rings. The maximum atomic E-state index is 12.1. The van der Waals surface area contributed by atoms with Gasteiger partial charge in [0.15, 0.2) is 5.76 Å². The predicted molar refractivity (Wildman–Crippen MR) is 86.3 cm³/mol. The van der Waals surface area contributed by atoms with Gasteiger partial charge >= 0.3 is 0 Å². The molecule has 1 N–H and O–H groups in total. The molecule has 116 valence electrons. The van der Waals surface area contributed by atoms with Crippen LogP contribution in [0.5, 0.6) is 0 Å². The maximum absolute atomic E-state index is 12.1. The van der Waals surface area contributed by atoms with Crippen molar-refractivity contribution < 1.29 is 9.21 Å². The lowest BCUT2D eigenvalue weighted by molar-refractivity contribution is -0.116. The average Bonchev–Trinajstić information content (AvgIpc) is 3.03. The molecule has 0 aliphatic rings. The van der Waals surface area contributed by atoms with Crippen molar-refractivity contribution in [1.29, 1.82) is 0 Å². The fourth-order valence-corrected chi connectivity index (χ4v) is 2.22. The molecule has 23 heavy (non-hydrogen) atoms. The minimum absolute atomic E-state index is 0.142. The summed E-state index contributed by atoms with van der Waals surface area (Å²) in [5, 5.41) is 3.19. The van der Waals surface area contributed by atoms with Gasteiger partial charge in [-0.15, -0.1) is 0 Å². The smallest absolute Gasteiger partial charge is 0.254 e. The Labute approximate surface area is 136 Å². The van der Waals surface area contributed by atoms with Crippen LogP contribution in [-0.2, 0) is 11.3 Å². The zero-order valence-corrected chi connectivity index (χ0v) is 12.7. The van der Waals surface area contributed by atoms with E-state index in [0.29, 0.717) is 22.2 Å². The summed E-state index contributed by atoms with van der Waals surface area (Å²) >= 11 is 5.85. The van der Waals surface area contributed by atoms with E-state index in [0.717, 1.165) is 0 Å². The van der Waals surface area contributed by atoms with Crippen molar-refractivity contribution in [3.8, 4) is 11.5 Å². The lowest BCUT2D eigenvalue weighted by Crippen LogP contribution is -2.27. The minimum Gasteiger partial charge on any atom is -0.463 e. The lowest BCUT2D eigenvalue weighted by atomic mass is 10.3. The summed E-state index contributed by atoms with van der Waals surface area (Å²) in [6.45, 7) is -0.142. The first kappa shape index (κ1) is 15.1. The molecule has 1 aromatic carbocycles. The van der Waals surface area contributed by atoms with Crippen molar-refractivity contribution in [2.45, 2.75) is 6.54 Å². The number of rotatable bonds is 4. The molecular weight excluding hydrogens is 318 g/mol. The molecule has 6 nitrogen and oxygen atoms in total. The van der Waals surface area contributed by atoms with E-state index in [-0.39, 0.29) is 18.0 Å². The number of furan rings is 1. The molecule has 3 rings (SSSR count). The number of hydrogen-bond donors (Lipinski definition) is 1. The summed E-state index contributed by atoms with van der Waals surface area (Å²) < 4.78 is 6.40. The third-order valence-corrected chi connectivity index (χ3v) is 3.31. The molecule has 2 heterocycles. The second-order valence-electron chi connectivity index (χ2n) is 4.78. The Bertz CT molecular complexity index is 888. The van der Waals surface area contributed by atoms with Crippen molar-refractivity contribution in [1.82, 2.24) is 9.55 Å².